The van der Waals surface area contributed by atoms with Crippen molar-refractivity contribution in [3.63, 3.8) is 0 Å². The lowest BCUT2D eigenvalue weighted by Gasteiger charge is -2.45. The first kappa shape index (κ1) is 16.0. The minimum Gasteiger partial charge on any atom is -0.488 e. The Morgan fingerprint density at radius 1 is 1.41 bits per heavy atom. The van der Waals surface area contributed by atoms with Gasteiger partial charge in [0.1, 0.15) is 23.6 Å². The van der Waals surface area contributed by atoms with Crippen LogP contribution in [0.25, 0.3) is 0 Å². The van der Waals surface area contributed by atoms with Crippen molar-refractivity contribution in [1.82, 2.24) is 0 Å². The maximum absolute atomic E-state index is 12.5. The Morgan fingerprint density at radius 2 is 2.09 bits per heavy atom. The number of ketones is 1. The van der Waals surface area contributed by atoms with E-state index < -0.39 is 23.4 Å². The molecule has 1 saturated carbocycles. The maximum atomic E-state index is 12.5. The van der Waals surface area contributed by atoms with Crippen LogP contribution in [0.4, 0.5) is 0 Å². The second-order valence-corrected chi connectivity index (χ2v) is 7.71. The molecule has 0 aromatic rings. The number of carbonyl (C=O) groups is 1. The van der Waals surface area contributed by atoms with Crippen molar-refractivity contribution >= 4 is 5.78 Å². The van der Waals surface area contributed by atoms with Crippen molar-refractivity contribution in [2.24, 2.45) is 11.8 Å². The quantitative estimate of drug-likeness (QED) is 0.809. The number of ether oxygens (including phenoxy) is 2. The summed E-state index contributed by atoms with van der Waals surface area (Å²) >= 11 is 0. The SMILES string of the molecule is CO[C@H]1C[C@H](O)C2=C(C[C@H]3[C@H](C(C)(C)O)CC[C@@]3(C)O2)C1=O. The first-order chi connectivity index (χ1) is 10.2. The third-order valence-electron chi connectivity index (χ3n) is 5.81. The van der Waals surface area contributed by atoms with Gasteiger partial charge in [0.05, 0.1) is 5.60 Å². The predicted octanol–water partition coefficient (Wildman–Crippen LogP) is 1.57. The lowest BCUT2D eigenvalue weighted by atomic mass is 9.71. The minimum atomic E-state index is -0.805. The van der Waals surface area contributed by atoms with Crippen LogP contribution in [-0.4, -0.2) is 46.5 Å². The number of aliphatic hydroxyl groups is 2. The molecule has 2 aliphatic carbocycles. The van der Waals surface area contributed by atoms with Gasteiger partial charge < -0.3 is 19.7 Å². The van der Waals surface area contributed by atoms with Gasteiger partial charge in [-0.3, -0.25) is 4.79 Å². The molecular weight excluding hydrogens is 284 g/mol. The van der Waals surface area contributed by atoms with Crippen molar-refractivity contribution in [3.8, 4) is 0 Å². The molecule has 5 atom stereocenters. The van der Waals surface area contributed by atoms with Crippen LogP contribution in [0.2, 0.25) is 0 Å². The van der Waals surface area contributed by atoms with Gasteiger partial charge in [-0.25, -0.2) is 0 Å². The molecule has 0 unspecified atom stereocenters. The Labute approximate surface area is 131 Å². The van der Waals surface area contributed by atoms with Gasteiger partial charge in [0.2, 0.25) is 0 Å². The first-order valence-corrected chi connectivity index (χ1v) is 8.07. The van der Waals surface area contributed by atoms with Crippen molar-refractivity contribution in [2.75, 3.05) is 7.11 Å². The highest BCUT2D eigenvalue weighted by atomic mass is 16.5. The first-order valence-electron chi connectivity index (χ1n) is 8.07. The van der Waals surface area contributed by atoms with Crippen molar-refractivity contribution in [1.29, 1.82) is 0 Å². The third-order valence-corrected chi connectivity index (χ3v) is 5.81. The van der Waals surface area contributed by atoms with E-state index in [0.29, 0.717) is 17.8 Å². The van der Waals surface area contributed by atoms with Gasteiger partial charge in [0, 0.05) is 25.0 Å². The third kappa shape index (κ3) is 2.30. The monoisotopic (exact) mass is 310 g/mol. The largest absolute Gasteiger partial charge is 0.488 e. The molecule has 124 valence electrons. The predicted molar refractivity (Wildman–Crippen MR) is 80.1 cm³/mol. The van der Waals surface area contributed by atoms with Crippen molar-refractivity contribution in [3.05, 3.63) is 11.3 Å². The summed E-state index contributed by atoms with van der Waals surface area (Å²) in [5.74, 6) is 0.525. The van der Waals surface area contributed by atoms with Gasteiger partial charge in [-0.05, 0) is 46.0 Å². The molecule has 1 fully saturated rings. The summed E-state index contributed by atoms with van der Waals surface area (Å²) in [6, 6.07) is 0. The Kier molecular flexibility index (Phi) is 3.66. The normalized spacial score (nSPS) is 42.0. The van der Waals surface area contributed by atoms with Crippen LogP contribution >= 0.6 is 0 Å². The van der Waals surface area contributed by atoms with E-state index in [9.17, 15) is 15.0 Å². The number of hydrogen-bond donors (Lipinski definition) is 2. The van der Waals surface area contributed by atoms with Crippen LogP contribution in [0.3, 0.4) is 0 Å². The van der Waals surface area contributed by atoms with Crippen LogP contribution in [0, 0.1) is 11.8 Å². The highest BCUT2D eigenvalue weighted by Crippen LogP contribution is 2.54. The molecule has 0 spiro atoms. The zero-order valence-corrected chi connectivity index (χ0v) is 13.8. The fourth-order valence-corrected chi connectivity index (χ4v) is 4.52. The molecule has 0 bridgehead atoms. The molecule has 5 heteroatoms. The topological polar surface area (TPSA) is 76.0 Å². The van der Waals surface area contributed by atoms with Gasteiger partial charge in [-0.1, -0.05) is 0 Å². The second-order valence-electron chi connectivity index (χ2n) is 7.71. The summed E-state index contributed by atoms with van der Waals surface area (Å²) < 4.78 is 11.3. The molecule has 0 aromatic heterocycles. The molecule has 1 aliphatic heterocycles. The molecule has 2 N–H and O–H groups in total. The lowest BCUT2D eigenvalue weighted by molar-refractivity contribution is -0.137. The number of aliphatic hydroxyl groups excluding tert-OH is 1. The molecule has 3 rings (SSSR count). The molecule has 0 saturated heterocycles. The molecule has 0 radical (unpaired) electrons. The number of hydrogen-bond acceptors (Lipinski definition) is 5. The Hall–Kier alpha value is -0.910. The standard InChI is InChI=1S/C17H26O5/c1-16(2,20)10-5-6-17(3)11(10)7-9-14(19)13(21-4)8-12(18)15(9)22-17/h10-13,18,20H,5-8H2,1-4H3/t10-,11+,12+,13+,17-/m1/s1. The molecule has 1 heterocycles. The molecule has 22 heavy (non-hydrogen) atoms. The highest BCUT2D eigenvalue weighted by Gasteiger charge is 2.56. The number of Topliss-reactive ketones (excluding diaryl/α,β-unsaturated/α-hetero) is 1. The summed E-state index contributed by atoms with van der Waals surface area (Å²) in [6.07, 6.45) is 1.13. The van der Waals surface area contributed by atoms with E-state index in [-0.39, 0.29) is 24.0 Å². The van der Waals surface area contributed by atoms with Gasteiger partial charge in [0.15, 0.2) is 5.78 Å². The zero-order valence-electron chi connectivity index (χ0n) is 13.8. The zero-order chi connectivity index (χ0) is 16.3. The van der Waals surface area contributed by atoms with E-state index in [0.717, 1.165) is 12.8 Å². The lowest BCUT2D eigenvalue weighted by Crippen LogP contribution is -2.49. The van der Waals surface area contributed by atoms with Crippen molar-refractivity contribution in [2.45, 2.75) is 69.9 Å². The van der Waals surface area contributed by atoms with E-state index in [4.69, 9.17) is 9.47 Å². The Bertz CT molecular complexity index is 518. The van der Waals surface area contributed by atoms with Gasteiger partial charge >= 0.3 is 0 Å². The van der Waals surface area contributed by atoms with Gasteiger partial charge in [0.25, 0.3) is 0 Å². The summed E-state index contributed by atoms with van der Waals surface area (Å²) in [7, 11) is 1.49. The number of fused-ring (bicyclic) bond motifs is 1. The van der Waals surface area contributed by atoms with E-state index in [1.54, 1.807) is 0 Å². The van der Waals surface area contributed by atoms with Crippen LogP contribution < -0.4 is 0 Å². The minimum absolute atomic E-state index is 0.0776. The molecule has 0 aromatic carbocycles. The Balaban J connectivity index is 1.97. The molecule has 3 aliphatic rings. The average molecular weight is 310 g/mol. The van der Waals surface area contributed by atoms with Crippen LogP contribution in [-0.2, 0) is 14.3 Å². The van der Waals surface area contributed by atoms with Gasteiger partial charge in [-0.15, -0.1) is 0 Å². The average Bonchev–Trinajstić information content (AvgIpc) is 2.77. The van der Waals surface area contributed by atoms with Crippen LogP contribution in [0.1, 0.15) is 46.5 Å². The smallest absolute Gasteiger partial charge is 0.191 e. The summed E-state index contributed by atoms with van der Waals surface area (Å²) in [6.45, 7) is 5.68. The molecule has 5 nitrogen and oxygen atoms in total. The van der Waals surface area contributed by atoms with E-state index in [2.05, 4.69) is 0 Å². The summed E-state index contributed by atoms with van der Waals surface area (Å²) in [5, 5.41) is 20.8. The highest BCUT2D eigenvalue weighted by molar-refractivity contribution is 6.00. The molecule has 0 amide bonds. The Morgan fingerprint density at radius 3 is 2.68 bits per heavy atom. The van der Waals surface area contributed by atoms with E-state index in [1.807, 2.05) is 20.8 Å². The van der Waals surface area contributed by atoms with Crippen LogP contribution in [0.5, 0.6) is 0 Å². The molecular formula is C17H26O5. The summed E-state index contributed by atoms with van der Waals surface area (Å²) in [4.78, 5) is 12.5. The summed E-state index contributed by atoms with van der Waals surface area (Å²) in [5.41, 5.74) is -0.657. The van der Waals surface area contributed by atoms with Crippen molar-refractivity contribution < 1.29 is 24.5 Å². The second kappa shape index (κ2) is 5.05. The van der Waals surface area contributed by atoms with Crippen LogP contribution in [0.15, 0.2) is 11.3 Å². The van der Waals surface area contributed by atoms with E-state index in [1.165, 1.54) is 7.11 Å². The number of rotatable bonds is 2. The van der Waals surface area contributed by atoms with E-state index >= 15 is 0 Å². The fraction of sp³-hybridized carbons (Fsp3) is 0.824. The number of carbonyl (C=O) groups excluding carboxylic acids is 1. The number of methoxy groups -OCH3 is 1. The fourth-order valence-electron chi connectivity index (χ4n) is 4.52. The maximum Gasteiger partial charge on any atom is 0.191 e. The van der Waals surface area contributed by atoms with Gasteiger partial charge in [-0.2, -0.15) is 0 Å².